The Bertz CT molecular complexity index is 967. The summed E-state index contributed by atoms with van der Waals surface area (Å²) in [5, 5.41) is 8.50. The van der Waals surface area contributed by atoms with Gasteiger partial charge < -0.3 is 18.6 Å². The lowest BCUT2D eigenvalue weighted by Gasteiger charge is -2.13. The minimum Gasteiger partial charge on any atom is -0.490 e. The smallest absolute Gasteiger partial charge is 0.342 e. The van der Waals surface area contributed by atoms with Crippen molar-refractivity contribution in [3.63, 3.8) is 0 Å². The summed E-state index contributed by atoms with van der Waals surface area (Å²) in [6.45, 7) is 1.01. The standard InChI is InChI=1S/C21H19ClN2O5/c22-15-9-7-14(8-10-15)20-24-23-19(29-20)13-28-21(25)17-5-1-2-6-18(17)27-12-16-4-3-11-26-16/h1-2,5-10,16H,3-4,11-13H2. The lowest BCUT2D eigenvalue weighted by molar-refractivity contribution is 0.0422. The van der Waals surface area contributed by atoms with Gasteiger partial charge >= 0.3 is 5.97 Å². The lowest BCUT2D eigenvalue weighted by atomic mass is 10.2. The summed E-state index contributed by atoms with van der Waals surface area (Å²) in [5.74, 6) is 0.452. The molecule has 0 amide bonds. The fourth-order valence-corrected chi connectivity index (χ4v) is 3.07. The summed E-state index contributed by atoms with van der Waals surface area (Å²) in [6, 6.07) is 13.9. The molecule has 0 N–H and O–H groups in total. The number of aromatic nitrogens is 2. The molecule has 0 aliphatic carbocycles. The predicted molar refractivity (Wildman–Crippen MR) is 105 cm³/mol. The van der Waals surface area contributed by atoms with E-state index in [1.54, 1.807) is 48.5 Å². The highest BCUT2D eigenvalue weighted by atomic mass is 35.5. The minimum atomic E-state index is -0.529. The second kappa shape index (κ2) is 9.07. The Morgan fingerprint density at radius 3 is 2.76 bits per heavy atom. The Labute approximate surface area is 172 Å². The number of carbonyl (C=O) groups excluding carboxylic acids is 1. The number of nitrogens with zero attached hydrogens (tertiary/aromatic N) is 2. The van der Waals surface area contributed by atoms with E-state index in [-0.39, 0.29) is 18.6 Å². The van der Waals surface area contributed by atoms with Crippen molar-refractivity contribution >= 4 is 17.6 Å². The van der Waals surface area contributed by atoms with Crippen LogP contribution in [0.25, 0.3) is 11.5 Å². The predicted octanol–water partition coefficient (Wildman–Crippen LogP) is 4.30. The van der Waals surface area contributed by atoms with Gasteiger partial charge in [-0.25, -0.2) is 4.79 Å². The van der Waals surface area contributed by atoms with E-state index in [1.807, 2.05) is 0 Å². The maximum atomic E-state index is 12.5. The van der Waals surface area contributed by atoms with Crippen molar-refractivity contribution in [1.82, 2.24) is 10.2 Å². The third-order valence-electron chi connectivity index (χ3n) is 4.44. The van der Waals surface area contributed by atoms with Gasteiger partial charge in [-0.2, -0.15) is 0 Å². The number of hydrogen-bond donors (Lipinski definition) is 0. The number of benzene rings is 2. The highest BCUT2D eigenvalue weighted by Gasteiger charge is 2.19. The summed E-state index contributed by atoms with van der Waals surface area (Å²) in [4.78, 5) is 12.5. The van der Waals surface area contributed by atoms with Gasteiger partial charge in [0.05, 0.1) is 6.10 Å². The van der Waals surface area contributed by atoms with E-state index >= 15 is 0 Å². The average Bonchev–Trinajstić information content (AvgIpc) is 3.43. The summed E-state index contributed by atoms with van der Waals surface area (Å²) >= 11 is 5.88. The second-order valence-electron chi connectivity index (χ2n) is 6.53. The quantitative estimate of drug-likeness (QED) is 0.533. The number of hydrogen-bond acceptors (Lipinski definition) is 7. The van der Waals surface area contributed by atoms with Crippen molar-refractivity contribution in [2.45, 2.75) is 25.6 Å². The number of para-hydroxylation sites is 1. The van der Waals surface area contributed by atoms with E-state index < -0.39 is 5.97 Å². The Kier molecular flexibility index (Phi) is 6.07. The van der Waals surface area contributed by atoms with Gasteiger partial charge in [0.2, 0.25) is 5.89 Å². The zero-order valence-corrected chi connectivity index (χ0v) is 16.3. The SMILES string of the molecule is O=C(OCc1nnc(-c2ccc(Cl)cc2)o1)c1ccccc1OCC1CCCO1. The molecule has 2 aromatic carbocycles. The van der Waals surface area contributed by atoms with Gasteiger partial charge in [0.1, 0.15) is 17.9 Å². The number of esters is 1. The van der Waals surface area contributed by atoms with Crippen LogP contribution in [0.4, 0.5) is 0 Å². The molecular weight excluding hydrogens is 396 g/mol. The van der Waals surface area contributed by atoms with Gasteiger partial charge in [0, 0.05) is 17.2 Å². The third kappa shape index (κ3) is 4.93. The van der Waals surface area contributed by atoms with E-state index in [9.17, 15) is 4.79 Å². The maximum Gasteiger partial charge on any atom is 0.342 e. The van der Waals surface area contributed by atoms with Crippen molar-refractivity contribution < 1.29 is 23.4 Å². The number of halogens is 1. The molecular formula is C21H19ClN2O5. The van der Waals surface area contributed by atoms with Crippen LogP contribution in [0.2, 0.25) is 5.02 Å². The van der Waals surface area contributed by atoms with E-state index in [2.05, 4.69) is 10.2 Å². The summed E-state index contributed by atoms with van der Waals surface area (Å²) < 4.78 is 22.2. The van der Waals surface area contributed by atoms with Crippen LogP contribution in [0.3, 0.4) is 0 Å². The van der Waals surface area contributed by atoms with Crippen LogP contribution in [-0.2, 0) is 16.1 Å². The molecule has 1 atom stereocenters. The Balaban J connectivity index is 1.37. The van der Waals surface area contributed by atoms with Crippen LogP contribution in [0, 0.1) is 0 Å². The molecule has 7 nitrogen and oxygen atoms in total. The van der Waals surface area contributed by atoms with Crippen molar-refractivity contribution in [2.75, 3.05) is 13.2 Å². The fourth-order valence-electron chi connectivity index (χ4n) is 2.95. The molecule has 1 saturated heterocycles. The first-order chi connectivity index (χ1) is 14.2. The summed E-state index contributed by atoms with van der Waals surface area (Å²) in [7, 11) is 0. The first-order valence-corrected chi connectivity index (χ1v) is 9.66. The molecule has 0 spiro atoms. The lowest BCUT2D eigenvalue weighted by Crippen LogP contribution is -2.17. The monoisotopic (exact) mass is 414 g/mol. The van der Waals surface area contributed by atoms with Crippen LogP contribution >= 0.6 is 11.6 Å². The molecule has 8 heteroatoms. The van der Waals surface area contributed by atoms with Crippen molar-refractivity contribution in [3.05, 3.63) is 65.0 Å². The highest BCUT2D eigenvalue weighted by molar-refractivity contribution is 6.30. The second-order valence-corrected chi connectivity index (χ2v) is 6.96. The van der Waals surface area contributed by atoms with Gasteiger partial charge in [-0.15, -0.1) is 10.2 Å². The van der Waals surface area contributed by atoms with Crippen LogP contribution < -0.4 is 4.74 Å². The topological polar surface area (TPSA) is 83.7 Å². The zero-order valence-electron chi connectivity index (χ0n) is 15.5. The average molecular weight is 415 g/mol. The largest absolute Gasteiger partial charge is 0.490 e. The van der Waals surface area contributed by atoms with E-state index in [0.29, 0.717) is 28.8 Å². The zero-order chi connectivity index (χ0) is 20.1. The van der Waals surface area contributed by atoms with Crippen LogP contribution in [0.15, 0.2) is 52.9 Å². The third-order valence-corrected chi connectivity index (χ3v) is 4.69. The molecule has 2 heterocycles. The van der Waals surface area contributed by atoms with Gasteiger partial charge in [0.25, 0.3) is 5.89 Å². The van der Waals surface area contributed by atoms with Gasteiger partial charge in [0.15, 0.2) is 6.61 Å². The van der Waals surface area contributed by atoms with Gasteiger partial charge in [-0.05, 0) is 49.2 Å². The molecule has 1 aliphatic heterocycles. The van der Waals surface area contributed by atoms with Crippen molar-refractivity contribution in [3.8, 4) is 17.2 Å². The fraction of sp³-hybridized carbons (Fsp3) is 0.286. The van der Waals surface area contributed by atoms with E-state index in [0.717, 1.165) is 25.0 Å². The van der Waals surface area contributed by atoms with Crippen LogP contribution in [-0.4, -0.2) is 35.5 Å². The molecule has 150 valence electrons. The minimum absolute atomic E-state index is 0.0590. The Hall–Kier alpha value is -2.90. The van der Waals surface area contributed by atoms with Crippen molar-refractivity contribution in [1.29, 1.82) is 0 Å². The Morgan fingerprint density at radius 1 is 1.14 bits per heavy atom. The van der Waals surface area contributed by atoms with Gasteiger partial charge in [-0.3, -0.25) is 0 Å². The van der Waals surface area contributed by atoms with E-state index in [4.69, 9.17) is 30.2 Å². The first-order valence-electron chi connectivity index (χ1n) is 9.28. The first kappa shape index (κ1) is 19.4. The molecule has 1 aromatic heterocycles. The number of rotatable bonds is 7. The summed E-state index contributed by atoms with van der Waals surface area (Å²) in [6.07, 6.45) is 2.04. The molecule has 1 fully saturated rings. The van der Waals surface area contributed by atoms with Crippen LogP contribution in [0.5, 0.6) is 5.75 Å². The molecule has 1 aliphatic rings. The molecule has 29 heavy (non-hydrogen) atoms. The molecule has 1 unspecified atom stereocenters. The van der Waals surface area contributed by atoms with Crippen LogP contribution in [0.1, 0.15) is 29.1 Å². The summed E-state index contributed by atoms with van der Waals surface area (Å²) in [5.41, 5.74) is 1.07. The Morgan fingerprint density at radius 2 is 1.97 bits per heavy atom. The molecule has 0 bridgehead atoms. The number of carbonyl (C=O) groups is 1. The van der Waals surface area contributed by atoms with E-state index in [1.165, 1.54) is 0 Å². The maximum absolute atomic E-state index is 12.5. The molecule has 0 saturated carbocycles. The molecule has 0 radical (unpaired) electrons. The van der Waals surface area contributed by atoms with Gasteiger partial charge in [-0.1, -0.05) is 23.7 Å². The number of ether oxygens (including phenoxy) is 3. The molecule has 4 rings (SSSR count). The normalized spacial score (nSPS) is 16.0. The highest BCUT2D eigenvalue weighted by Crippen LogP contribution is 2.23. The van der Waals surface area contributed by atoms with Crippen molar-refractivity contribution in [2.24, 2.45) is 0 Å². The molecule has 3 aromatic rings.